The number of benzene rings is 7. The first kappa shape index (κ1) is 26.1. The summed E-state index contributed by atoms with van der Waals surface area (Å²) in [5.74, 6) is 0. The Kier molecular flexibility index (Phi) is 5.88. The van der Waals surface area contributed by atoms with Gasteiger partial charge in [-0.15, -0.1) is 0 Å². The molecule has 2 aromatic heterocycles. The molecule has 0 aliphatic carbocycles. The van der Waals surface area contributed by atoms with Crippen LogP contribution >= 0.6 is 0 Å². The molecule has 46 heavy (non-hydrogen) atoms. The van der Waals surface area contributed by atoms with Crippen LogP contribution in [0.3, 0.4) is 0 Å². The maximum atomic E-state index is 9.48. The number of fused-ring (bicyclic) bond motifs is 6. The number of hydrogen-bond donors (Lipinski definition) is 0. The van der Waals surface area contributed by atoms with Gasteiger partial charge in [-0.05, 0) is 117 Å². The number of furan rings is 2. The molecule has 7 aromatic carbocycles. The van der Waals surface area contributed by atoms with Crippen molar-refractivity contribution in [2.24, 2.45) is 0 Å². The number of para-hydroxylation sites is 2. The van der Waals surface area contributed by atoms with Gasteiger partial charge in [-0.25, -0.2) is 0 Å². The van der Waals surface area contributed by atoms with Gasteiger partial charge in [0.25, 0.3) is 0 Å². The van der Waals surface area contributed by atoms with Crippen LogP contribution in [0.25, 0.3) is 88.4 Å². The summed E-state index contributed by atoms with van der Waals surface area (Å²) in [6.07, 6.45) is 0. The van der Waals surface area contributed by atoms with Crippen LogP contribution in [-0.4, -0.2) is 0 Å². The molecule has 0 radical (unpaired) electrons. The van der Waals surface area contributed by atoms with Crippen LogP contribution in [0.4, 0.5) is 0 Å². The summed E-state index contributed by atoms with van der Waals surface area (Å²) in [7, 11) is 0. The number of hydrogen-bond acceptors (Lipinski definition) is 3. The van der Waals surface area contributed by atoms with E-state index in [9.17, 15) is 5.26 Å². The van der Waals surface area contributed by atoms with E-state index in [1.807, 2.05) is 42.5 Å². The van der Waals surface area contributed by atoms with Crippen LogP contribution in [0.5, 0.6) is 0 Å². The Bertz CT molecular complexity index is 2530. The third-order valence-corrected chi connectivity index (χ3v) is 8.87. The minimum atomic E-state index is 0.650. The van der Waals surface area contributed by atoms with Crippen molar-refractivity contribution >= 4 is 43.9 Å². The van der Waals surface area contributed by atoms with Crippen molar-refractivity contribution in [1.29, 1.82) is 5.26 Å². The Morgan fingerprint density at radius 2 is 0.739 bits per heavy atom. The summed E-state index contributed by atoms with van der Waals surface area (Å²) < 4.78 is 12.3. The largest absolute Gasteiger partial charge is 0.456 e. The molecule has 0 atom stereocenters. The highest BCUT2D eigenvalue weighted by Crippen LogP contribution is 2.39. The van der Waals surface area contributed by atoms with E-state index in [0.717, 1.165) is 88.4 Å². The summed E-state index contributed by atoms with van der Waals surface area (Å²) in [5.41, 5.74) is 13.0. The molecule has 0 saturated heterocycles. The Balaban J connectivity index is 1.25. The molecule has 0 spiro atoms. The first-order chi connectivity index (χ1) is 22.7. The molecular formula is C43H25NO2. The molecule has 0 amide bonds. The molecule has 0 aliphatic heterocycles. The monoisotopic (exact) mass is 587 g/mol. The van der Waals surface area contributed by atoms with Crippen LogP contribution in [0.2, 0.25) is 0 Å². The Morgan fingerprint density at radius 3 is 1.28 bits per heavy atom. The topological polar surface area (TPSA) is 50.1 Å². The average Bonchev–Trinajstić information content (AvgIpc) is 3.69. The van der Waals surface area contributed by atoms with E-state index in [2.05, 4.69) is 115 Å². The maximum absolute atomic E-state index is 9.48. The summed E-state index contributed by atoms with van der Waals surface area (Å²) in [6, 6.07) is 54.7. The van der Waals surface area contributed by atoms with Gasteiger partial charge in [0, 0.05) is 21.5 Å². The normalized spacial score (nSPS) is 11.5. The molecule has 9 rings (SSSR count). The van der Waals surface area contributed by atoms with Crippen LogP contribution in [0, 0.1) is 11.3 Å². The zero-order valence-corrected chi connectivity index (χ0v) is 24.7. The minimum Gasteiger partial charge on any atom is -0.456 e. The van der Waals surface area contributed by atoms with Crippen molar-refractivity contribution in [2.45, 2.75) is 0 Å². The van der Waals surface area contributed by atoms with Gasteiger partial charge < -0.3 is 8.83 Å². The highest BCUT2D eigenvalue weighted by molar-refractivity contribution is 6.07. The van der Waals surface area contributed by atoms with Gasteiger partial charge in [-0.3, -0.25) is 0 Å². The van der Waals surface area contributed by atoms with Crippen LogP contribution < -0.4 is 0 Å². The minimum absolute atomic E-state index is 0.650. The molecule has 0 N–H and O–H groups in total. The molecule has 9 aromatic rings. The van der Waals surface area contributed by atoms with Crippen LogP contribution in [0.1, 0.15) is 5.56 Å². The second kappa shape index (κ2) is 10.4. The molecular weight excluding hydrogens is 562 g/mol. The van der Waals surface area contributed by atoms with Crippen LogP contribution in [0.15, 0.2) is 160 Å². The summed E-state index contributed by atoms with van der Waals surface area (Å²) in [5, 5.41) is 13.9. The SMILES string of the molecule is N#Cc1cccc(-c2cccc(-c3cc(-c4ccc5oc6ccccc6c5c4)cc(-c4ccc5oc6ccccc6c5c4)c3)c2)c1. The third-order valence-electron chi connectivity index (χ3n) is 8.87. The summed E-state index contributed by atoms with van der Waals surface area (Å²) >= 11 is 0. The second-order valence-electron chi connectivity index (χ2n) is 11.7. The van der Waals surface area contributed by atoms with Gasteiger partial charge in [-0.1, -0.05) is 78.9 Å². The summed E-state index contributed by atoms with van der Waals surface area (Å²) in [6.45, 7) is 0. The van der Waals surface area contributed by atoms with Gasteiger partial charge in [0.2, 0.25) is 0 Å². The predicted octanol–water partition coefficient (Wildman–Crippen LogP) is 12.0. The number of rotatable bonds is 4. The van der Waals surface area contributed by atoms with Crippen molar-refractivity contribution in [3.63, 3.8) is 0 Å². The lowest BCUT2D eigenvalue weighted by Crippen LogP contribution is -1.87. The summed E-state index contributed by atoms with van der Waals surface area (Å²) in [4.78, 5) is 0. The average molecular weight is 588 g/mol. The fourth-order valence-corrected chi connectivity index (χ4v) is 6.59. The predicted molar refractivity (Wildman–Crippen MR) is 187 cm³/mol. The van der Waals surface area contributed by atoms with E-state index < -0.39 is 0 Å². The molecule has 3 nitrogen and oxygen atoms in total. The highest BCUT2D eigenvalue weighted by Gasteiger charge is 2.14. The zero-order chi connectivity index (χ0) is 30.6. The number of nitriles is 1. The van der Waals surface area contributed by atoms with Gasteiger partial charge >= 0.3 is 0 Å². The maximum Gasteiger partial charge on any atom is 0.135 e. The zero-order valence-electron chi connectivity index (χ0n) is 24.7. The Labute approximate surface area is 265 Å². The lowest BCUT2D eigenvalue weighted by atomic mass is 9.91. The lowest BCUT2D eigenvalue weighted by Gasteiger charge is -2.13. The van der Waals surface area contributed by atoms with E-state index in [1.165, 1.54) is 0 Å². The molecule has 0 unspecified atom stereocenters. The smallest absolute Gasteiger partial charge is 0.135 e. The molecule has 3 heteroatoms. The molecule has 0 saturated carbocycles. The standard InChI is InChI=1S/C43H25NO2/c44-26-27-7-5-8-28(19-27)29-9-6-10-30(20-29)33-21-34(31-15-17-42-38(24-31)36-11-1-3-13-40(36)45-42)23-35(22-33)32-16-18-43-39(25-32)37-12-2-4-14-41(37)46-43/h1-25H. The molecule has 2 heterocycles. The van der Waals surface area contributed by atoms with E-state index in [-0.39, 0.29) is 0 Å². The molecule has 0 aliphatic rings. The first-order valence-electron chi connectivity index (χ1n) is 15.3. The lowest BCUT2D eigenvalue weighted by molar-refractivity contribution is 0.668. The van der Waals surface area contributed by atoms with Crippen molar-refractivity contribution in [1.82, 2.24) is 0 Å². The first-order valence-corrected chi connectivity index (χ1v) is 15.3. The Hall–Kier alpha value is -6.37. The molecule has 214 valence electrons. The van der Waals surface area contributed by atoms with Crippen molar-refractivity contribution < 1.29 is 8.83 Å². The number of nitrogens with zero attached hydrogens (tertiary/aromatic N) is 1. The third kappa shape index (κ3) is 4.36. The van der Waals surface area contributed by atoms with E-state index in [1.54, 1.807) is 0 Å². The fraction of sp³-hybridized carbons (Fsp3) is 0. The van der Waals surface area contributed by atoms with E-state index >= 15 is 0 Å². The van der Waals surface area contributed by atoms with Crippen molar-refractivity contribution in [2.75, 3.05) is 0 Å². The quantitative estimate of drug-likeness (QED) is 0.206. The molecule has 0 fully saturated rings. The van der Waals surface area contributed by atoms with Crippen molar-refractivity contribution in [3.05, 3.63) is 157 Å². The second-order valence-corrected chi connectivity index (χ2v) is 11.7. The van der Waals surface area contributed by atoms with Gasteiger partial charge in [0.15, 0.2) is 0 Å². The highest BCUT2D eigenvalue weighted by atomic mass is 16.3. The van der Waals surface area contributed by atoms with Gasteiger partial charge in [-0.2, -0.15) is 5.26 Å². The fourth-order valence-electron chi connectivity index (χ4n) is 6.59. The van der Waals surface area contributed by atoms with Gasteiger partial charge in [0.1, 0.15) is 22.3 Å². The van der Waals surface area contributed by atoms with Gasteiger partial charge in [0.05, 0.1) is 11.6 Å². The van der Waals surface area contributed by atoms with E-state index in [0.29, 0.717) is 5.56 Å². The van der Waals surface area contributed by atoms with Crippen LogP contribution in [-0.2, 0) is 0 Å². The van der Waals surface area contributed by atoms with Crippen molar-refractivity contribution in [3.8, 4) is 50.6 Å². The van der Waals surface area contributed by atoms with E-state index in [4.69, 9.17) is 8.83 Å². The molecule has 0 bridgehead atoms. The Morgan fingerprint density at radius 1 is 0.326 bits per heavy atom.